The molecule has 1 aromatic heterocycles. The number of esters is 1. The first-order valence-corrected chi connectivity index (χ1v) is 6.07. The molecule has 0 saturated carbocycles. The molecule has 0 aliphatic heterocycles. The van der Waals surface area contributed by atoms with E-state index in [1.54, 1.807) is 4.68 Å². The van der Waals surface area contributed by atoms with Crippen LogP contribution in [-0.4, -0.2) is 27.3 Å². The molecule has 0 aliphatic rings. The van der Waals surface area contributed by atoms with Gasteiger partial charge >= 0.3 is 5.97 Å². The quantitative estimate of drug-likeness (QED) is 0.734. The Morgan fingerprint density at radius 1 is 1.41 bits per heavy atom. The summed E-state index contributed by atoms with van der Waals surface area (Å²) in [6.07, 6.45) is 0.765. The third kappa shape index (κ3) is 3.05. The second-order valence-electron chi connectivity index (χ2n) is 4.34. The lowest BCUT2D eigenvalue weighted by Crippen LogP contribution is -2.24. The van der Waals surface area contributed by atoms with Crippen molar-refractivity contribution >= 4 is 5.97 Å². The van der Waals surface area contributed by atoms with Crippen LogP contribution in [0.2, 0.25) is 0 Å². The van der Waals surface area contributed by atoms with Crippen LogP contribution in [-0.2, 0) is 23.0 Å². The number of hydrogen-bond donors (Lipinski definition) is 0. The van der Waals surface area contributed by atoms with Crippen molar-refractivity contribution < 1.29 is 9.53 Å². The fourth-order valence-corrected chi connectivity index (χ4v) is 1.78. The second kappa shape index (κ2) is 5.80. The molecule has 1 heterocycles. The highest BCUT2D eigenvalue weighted by Crippen LogP contribution is 2.24. The summed E-state index contributed by atoms with van der Waals surface area (Å²) in [6.45, 7) is 8.17. The van der Waals surface area contributed by atoms with Gasteiger partial charge in [-0.1, -0.05) is 20.8 Å². The minimum absolute atomic E-state index is 0.140. The van der Waals surface area contributed by atoms with Crippen LogP contribution >= 0.6 is 0 Å². The molecule has 0 aromatic carbocycles. The number of carbonyl (C=O) groups excluding carboxylic acids is 1. The zero-order chi connectivity index (χ0) is 13.0. The molecule has 0 N–H and O–H groups in total. The lowest BCUT2D eigenvalue weighted by Gasteiger charge is -2.17. The van der Waals surface area contributed by atoms with Crippen molar-refractivity contribution in [3.63, 3.8) is 0 Å². The third-order valence-corrected chi connectivity index (χ3v) is 2.64. The van der Waals surface area contributed by atoms with Crippen molar-refractivity contribution in [2.45, 2.75) is 40.0 Å². The van der Waals surface area contributed by atoms with Gasteiger partial charge in [0.25, 0.3) is 0 Å². The third-order valence-electron chi connectivity index (χ3n) is 2.64. The fraction of sp³-hybridized carbons (Fsp3) is 0.750. The van der Waals surface area contributed by atoms with Gasteiger partial charge in [-0.05, 0) is 12.8 Å². The van der Waals surface area contributed by atoms with E-state index in [1.165, 1.54) is 0 Å². The minimum atomic E-state index is -0.340. The van der Waals surface area contributed by atoms with Crippen LogP contribution in [0.1, 0.15) is 45.3 Å². The molecule has 1 rings (SSSR count). The second-order valence-corrected chi connectivity index (χ2v) is 4.34. The molecule has 0 bridgehead atoms. The Morgan fingerprint density at radius 2 is 2.06 bits per heavy atom. The number of carbonyl (C=O) groups is 1. The number of aryl methyl sites for hydroxylation is 2. The molecule has 0 fully saturated rings. The minimum Gasteiger partial charge on any atom is -0.465 e. The van der Waals surface area contributed by atoms with Crippen LogP contribution in [0.3, 0.4) is 0 Å². The number of hydrogen-bond acceptors (Lipinski definition) is 4. The Bertz CT molecular complexity index is 385. The number of aromatic nitrogens is 3. The molecule has 0 amide bonds. The zero-order valence-corrected chi connectivity index (χ0v) is 11.2. The van der Waals surface area contributed by atoms with E-state index in [1.807, 2.05) is 34.7 Å². The zero-order valence-electron chi connectivity index (χ0n) is 11.2. The van der Waals surface area contributed by atoms with Gasteiger partial charge < -0.3 is 4.74 Å². The topological polar surface area (TPSA) is 57.0 Å². The molecule has 5 nitrogen and oxygen atoms in total. The summed E-state index contributed by atoms with van der Waals surface area (Å²) in [5.74, 6) is 1.03. The van der Waals surface area contributed by atoms with Crippen LogP contribution in [0.4, 0.5) is 0 Å². The molecular formula is C12H21N3O2. The van der Waals surface area contributed by atoms with Crippen LogP contribution in [0.5, 0.6) is 0 Å². The predicted molar refractivity (Wildman–Crippen MR) is 64.6 cm³/mol. The average Bonchev–Trinajstić information content (AvgIpc) is 2.60. The van der Waals surface area contributed by atoms with Crippen molar-refractivity contribution in [2.75, 3.05) is 6.61 Å². The maximum atomic E-state index is 11.9. The summed E-state index contributed by atoms with van der Waals surface area (Å²) in [5.41, 5.74) is 0. The van der Waals surface area contributed by atoms with E-state index in [4.69, 9.17) is 4.74 Å². The average molecular weight is 239 g/mol. The Kier molecular flexibility index (Phi) is 4.66. The van der Waals surface area contributed by atoms with E-state index in [2.05, 4.69) is 10.1 Å². The summed E-state index contributed by atoms with van der Waals surface area (Å²) < 4.78 is 6.78. The summed E-state index contributed by atoms with van der Waals surface area (Å²) in [5, 5.41) is 4.27. The molecule has 1 unspecified atom stereocenters. The molecule has 0 saturated heterocycles. The van der Waals surface area contributed by atoms with Gasteiger partial charge in [0.2, 0.25) is 0 Å². The standard InChI is InChI=1S/C12H21N3O2/c1-6-9-13-11(15(5)14-9)10(8(3)4)12(16)17-7-2/h8,10H,6-7H2,1-5H3. The molecule has 1 aromatic rings. The lowest BCUT2D eigenvalue weighted by molar-refractivity contribution is -0.146. The molecule has 5 heteroatoms. The van der Waals surface area contributed by atoms with E-state index in [9.17, 15) is 4.79 Å². The molecule has 0 aliphatic carbocycles. The first-order chi connectivity index (χ1) is 8.01. The summed E-state index contributed by atoms with van der Waals surface area (Å²) in [7, 11) is 1.82. The van der Waals surface area contributed by atoms with E-state index in [-0.39, 0.29) is 17.8 Å². The van der Waals surface area contributed by atoms with Crippen molar-refractivity contribution in [2.24, 2.45) is 13.0 Å². The number of nitrogens with zero attached hydrogens (tertiary/aromatic N) is 3. The monoisotopic (exact) mass is 239 g/mol. The predicted octanol–water partition coefficient (Wildman–Crippen LogP) is 1.68. The summed E-state index contributed by atoms with van der Waals surface area (Å²) in [6, 6.07) is 0. The molecule has 0 radical (unpaired) electrons. The first kappa shape index (κ1) is 13.7. The number of ether oxygens (including phenoxy) is 1. The highest BCUT2D eigenvalue weighted by molar-refractivity contribution is 5.77. The van der Waals surface area contributed by atoms with Crippen molar-refractivity contribution in [3.05, 3.63) is 11.6 Å². The largest absolute Gasteiger partial charge is 0.465 e. The van der Waals surface area contributed by atoms with Gasteiger partial charge in [0.05, 0.1) is 6.61 Å². The lowest BCUT2D eigenvalue weighted by atomic mass is 9.95. The van der Waals surface area contributed by atoms with Gasteiger partial charge in [0.1, 0.15) is 11.7 Å². The van der Waals surface area contributed by atoms with Crippen LogP contribution < -0.4 is 0 Å². The summed E-state index contributed by atoms with van der Waals surface area (Å²) >= 11 is 0. The Morgan fingerprint density at radius 3 is 2.47 bits per heavy atom. The highest BCUT2D eigenvalue weighted by Gasteiger charge is 2.30. The maximum Gasteiger partial charge on any atom is 0.316 e. The van der Waals surface area contributed by atoms with E-state index in [0.29, 0.717) is 12.4 Å². The Labute approximate surface area is 102 Å². The maximum absolute atomic E-state index is 11.9. The fourth-order valence-electron chi connectivity index (χ4n) is 1.78. The summed E-state index contributed by atoms with van der Waals surface area (Å²) in [4.78, 5) is 16.3. The van der Waals surface area contributed by atoms with E-state index >= 15 is 0 Å². The van der Waals surface area contributed by atoms with Gasteiger partial charge in [-0.2, -0.15) is 5.10 Å². The Hall–Kier alpha value is -1.39. The molecule has 0 spiro atoms. The van der Waals surface area contributed by atoms with Crippen LogP contribution in [0.15, 0.2) is 0 Å². The molecule has 1 atom stereocenters. The van der Waals surface area contributed by atoms with Gasteiger partial charge in [0.15, 0.2) is 5.82 Å². The first-order valence-electron chi connectivity index (χ1n) is 6.07. The number of rotatable bonds is 5. The highest BCUT2D eigenvalue weighted by atomic mass is 16.5. The van der Waals surface area contributed by atoms with Gasteiger partial charge in [-0.25, -0.2) is 4.98 Å². The van der Waals surface area contributed by atoms with Gasteiger partial charge in [0, 0.05) is 13.5 Å². The molecular weight excluding hydrogens is 218 g/mol. The van der Waals surface area contributed by atoms with E-state index < -0.39 is 0 Å². The van der Waals surface area contributed by atoms with Crippen molar-refractivity contribution in [3.8, 4) is 0 Å². The van der Waals surface area contributed by atoms with Crippen molar-refractivity contribution in [1.29, 1.82) is 0 Å². The van der Waals surface area contributed by atoms with Crippen LogP contribution in [0, 0.1) is 5.92 Å². The van der Waals surface area contributed by atoms with E-state index in [0.717, 1.165) is 12.2 Å². The van der Waals surface area contributed by atoms with Crippen LogP contribution in [0.25, 0.3) is 0 Å². The van der Waals surface area contributed by atoms with Gasteiger partial charge in [-0.3, -0.25) is 9.48 Å². The Balaban J connectivity index is 3.04. The van der Waals surface area contributed by atoms with Crippen molar-refractivity contribution in [1.82, 2.24) is 14.8 Å². The SMILES string of the molecule is CCOC(=O)C(c1nc(CC)nn1C)C(C)C. The van der Waals surface area contributed by atoms with Gasteiger partial charge in [-0.15, -0.1) is 0 Å². The molecule has 17 heavy (non-hydrogen) atoms. The smallest absolute Gasteiger partial charge is 0.316 e. The normalized spacial score (nSPS) is 12.8. The molecule has 96 valence electrons.